The molecule has 24 heavy (non-hydrogen) atoms. The van der Waals surface area contributed by atoms with E-state index in [4.69, 9.17) is 4.74 Å². The van der Waals surface area contributed by atoms with Crippen LogP contribution < -0.4 is 10.2 Å². The van der Waals surface area contributed by atoms with Crippen LogP contribution in [-0.4, -0.2) is 70.3 Å². The van der Waals surface area contributed by atoms with Crippen molar-refractivity contribution in [3.05, 3.63) is 30.3 Å². The van der Waals surface area contributed by atoms with Crippen molar-refractivity contribution in [3.8, 4) is 5.75 Å². The predicted octanol–water partition coefficient (Wildman–Crippen LogP) is 0.937. The molecule has 3 saturated heterocycles. The van der Waals surface area contributed by atoms with Crippen LogP contribution in [0.4, 0.5) is 4.79 Å². The molecular formula is C16H20N4O3S. The number of ether oxygens (including phenoxy) is 1. The fourth-order valence-corrected chi connectivity index (χ4v) is 4.88. The highest BCUT2D eigenvalue weighted by Gasteiger charge is 2.54. The van der Waals surface area contributed by atoms with Crippen molar-refractivity contribution < 1.29 is 14.3 Å². The first-order valence-corrected chi connectivity index (χ1v) is 9.14. The van der Waals surface area contributed by atoms with Crippen molar-refractivity contribution in [2.75, 3.05) is 26.0 Å². The lowest BCUT2D eigenvalue weighted by atomic mass is 10.1. The van der Waals surface area contributed by atoms with Crippen molar-refractivity contribution in [3.63, 3.8) is 0 Å². The van der Waals surface area contributed by atoms with Gasteiger partial charge >= 0.3 is 6.03 Å². The number of fused-ring (bicyclic) bond motifs is 3. The van der Waals surface area contributed by atoms with Crippen LogP contribution in [0.2, 0.25) is 0 Å². The molecule has 0 aromatic heterocycles. The quantitative estimate of drug-likeness (QED) is 0.877. The Balaban J connectivity index is 1.42. The maximum Gasteiger partial charge on any atom is 0.337 e. The van der Waals surface area contributed by atoms with Crippen molar-refractivity contribution in [1.29, 1.82) is 0 Å². The number of hydrogen-bond donors (Lipinski definition) is 1. The highest BCUT2D eigenvalue weighted by atomic mass is 32.2. The summed E-state index contributed by atoms with van der Waals surface area (Å²) < 4.78 is 5.67. The smallest absolute Gasteiger partial charge is 0.337 e. The molecule has 0 aliphatic carbocycles. The number of nitrogens with zero attached hydrogens (tertiary/aromatic N) is 3. The lowest BCUT2D eigenvalue weighted by Gasteiger charge is -2.42. The Hall–Kier alpha value is -1.93. The van der Waals surface area contributed by atoms with Gasteiger partial charge in [0.1, 0.15) is 17.6 Å². The molecule has 3 amide bonds. The normalized spacial score (nSPS) is 29.0. The minimum absolute atomic E-state index is 0.0104. The first-order chi connectivity index (χ1) is 11.7. The maximum atomic E-state index is 12.8. The number of thioether (sulfide) groups is 1. The fourth-order valence-electron chi connectivity index (χ4n) is 3.45. The highest BCUT2D eigenvalue weighted by Crippen LogP contribution is 2.38. The van der Waals surface area contributed by atoms with Gasteiger partial charge in [-0.05, 0) is 24.3 Å². The predicted molar refractivity (Wildman–Crippen MR) is 90.2 cm³/mol. The van der Waals surface area contributed by atoms with E-state index in [1.165, 1.54) is 0 Å². The fraction of sp³-hybridized carbons (Fsp3) is 0.500. The first-order valence-electron chi connectivity index (χ1n) is 8.09. The van der Waals surface area contributed by atoms with Crippen molar-refractivity contribution in [2.45, 2.75) is 24.0 Å². The summed E-state index contributed by atoms with van der Waals surface area (Å²) in [4.78, 5) is 28.7. The topological polar surface area (TPSA) is 65.1 Å². The molecule has 1 aromatic rings. The van der Waals surface area contributed by atoms with Gasteiger partial charge in [-0.2, -0.15) is 5.43 Å². The van der Waals surface area contributed by atoms with Gasteiger partial charge in [-0.15, -0.1) is 11.8 Å². The molecule has 3 aliphatic heterocycles. The second-order valence-electron chi connectivity index (χ2n) is 6.10. The third-order valence-corrected chi connectivity index (χ3v) is 6.04. The summed E-state index contributed by atoms with van der Waals surface area (Å²) in [6.45, 7) is 0.817. The molecular weight excluding hydrogens is 328 g/mol. The largest absolute Gasteiger partial charge is 0.492 e. The molecule has 0 saturated carbocycles. The number of amides is 3. The van der Waals surface area contributed by atoms with Crippen LogP contribution in [0.1, 0.15) is 6.42 Å². The summed E-state index contributed by atoms with van der Waals surface area (Å²) in [6, 6.07) is 9.43. The first kappa shape index (κ1) is 15.6. The summed E-state index contributed by atoms with van der Waals surface area (Å²) in [6.07, 6.45) is 0.481. The maximum absolute atomic E-state index is 12.8. The average molecular weight is 348 g/mol. The highest BCUT2D eigenvalue weighted by molar-refractivity contribution is 8.00. The monoisotopic (exact) mass is 348 g/mol. The van der Waals surface area contributed by atoms with E-state index in [2.05, 4.69) is 5.43 Å². The summed E-state index contributed by atoms with van der Waals surface area (Å²) in [5.74, 6) is 1.80. The molecule has 3 aliphatic rings. The zero-order valence-corrected chi connectivity index (χ0v) is 14.2. The number of urea groups is 1. The van der Waals surface area contributed by atoms with E-state index in [1.807, 2.05) is 35.2 Å². The SMILES string of the molecule is CN1C(=O)C2SCCC2N2C(=O)N(CCOc3ccccc3)NC12. The van der Waals surface area contributed by atoms with Crippen LogP contribution in [0, 0.1) is 0 Å². The summed E-state index contributed by atoms with van der Waals surface area (Å²) in [7, 11) is 1.75. The zero-order valence-electron chi connectivity index (χ0n) is 13.4. The lowest BCUT2D eigenvalue weighted by molar-refractivity contribution is -0.141. The van der Waals surface area contributed by atoms with Gasteiger partial charge in [-0.3, -0.25) is 14.7 Å². The van der Waals surface area contributed by atoms with Gasteiger partial charge < -0.3 is 9.64 Å². The number of benzene rings is 1. The number of rotatable bonds is 4. The van der Waals surface area contributed by atoms with E-state index in [0.717, 1.165) is 17.9 Å². The number of hydrogen-bond acceptors (Lipinski definition) is 5. The molecule has 128 valence electrons. The van der Waals surface area contributed by atoms with Crippen LogP contribution in [0.15, 0.2) is 30.3 Å². The summed E-state index contributed by atoms with van der Waals surface area (Å²) in [5.41, 5.74) is 3.15. The van der Waals surface area contributed by atoms with E-state index in [9.17, 15) is 9.59 Å². The Labute approximate surface area is 144 Å². The molecule has 3 atom stereocenters. The Morgan fingerprint density at radius 2 is 2.08 bits per heavy atom. The van der Waals surface area contributed by atoms with Gasteiger partial charge in [0.05, 0.1) is 12.6 Å². The van der Waals surface area contributed by atoms with Crippen LogP contribution in [0.25, 0.3) is 0 Å². The van der Waals surface area contributed by atoms with Crippen molar-refractivity contribution >= 4 is 23.7 Å². The lowest BCUT2D eigenvalue weighted by Crippen LogP contribution is -2.64. The van der Waals surface area contributed by atoms with Gasteiger partial charge in [0, 0.05) is 7.05 Å². The molecule has 0 bridgehead atoms. The third-order valence-electron chi connectivity index (χ3n) is 4.69. The molecule has 7 nitrogen and oxygen atoms in total. The zero-order chi connectivity index (χ0) is 16.7. The minimum Gasteiger partial charge on any atom is -0.492 e. The van der Waals surface area contributed by atoms with E-state index in [1.54, 1.807) is 28.7 Å². The van der Waals surface area contributed by atoms with Gasteiger partial charge in [-0.1, -0.05) is 18.2 Å². The van der Waals surface area contributed by atoms with Crippen LogP contribution in [0.3, 0.4) is 0 Å². The Bertz CT molecular complexity index is 643. The molecule has 1 aromatic carbocycles. The molecule has 8 heteroatoms. The summed E-state index contributed by atoms with van der Waals surface area (Å²) in [5, 5.41) is 1.43. The Morgan fingerprint density at radius 1 is 1.29 bits per heavy atom. The van der Waals surface area contributed by atoms with E-state index in [0.29, 0.717) is 13.2 Å². The van der Waals surface area contributed by atoms with Crippen LogP contribution >= 0.6 is 11.8 Å². The summed E-state index contributed by atoms with van der Waals surface area (Å²) >= 11 is 1.65. The molecule has 4 rings (SSSR count). The average Bonchev–Trinajstić information content (AvgIpc) is 3.19. The number of nitrogens with one attached hydrogen (secondary N) is 1. The van der Waals surface area contributed by atoms with E-state index in [-0.39, 0.29) is 29.5 Å². The van der Waals surface area contributed by atoms with Crippen molar-refractivity contribution in [1.82, 2.24) is 20.2 Å². The second kappa shape index (κ2) is 6.18. The second-order valence-corrected chi connectivity index (χ2v) is 7.35. The van der Waals surface area contributed by atoms with Gasteiger partial charge in [0.2, 0.25) is 5.91 Å². The van der Waals surface area contributed by atoms with E-state index >= 15 is 0 Å². The van der Waals surface area contributed by atoms with Crippen LogP contribution in [0.5, 0.6) is 5.75 Å². The molecule has 3 heterocycles. The molecule has 1 N–H and O–H groups in total. The molecule has 0 spiro atoms. The third kappa shape index (κ3) is 2.50. The number of carbonyl (C=O) groups is 2. The number of hydrazine groups is 1. The number of para-hydroxylation sites is 1. The van der Waals surface area contributed by atoms with Crippen LogP contribution in [-0.2, 0) is 4.79 Å². The molecule has 3 unspecified atom stereocenters. The number of carbonyl (C=O) groups excluding carboxylic acids is 2. The standard InChI is InChI=1S/C16H20N4O3S/c1-18-14(21)13-12(7-10-24-13)20-15(18)17-19(16(20)22)8-9-23-11-5-3-2-4-6-11/h2-6,12-13,15,17H,7-10H2,1H3. The Kier molecular flexibility index (Phi) is 4.01. The Morgan fingerprint density at radius 3 is 2.88 bits per heavy atom. The van der Waals surface area contributed by atoms with E-state index < -0.39 is 0 Å². The van der Waals surface area contributed by atoms with Gasteiger partial charge in [0.15, 0.2) is 6.29 Å². The van der Waals surface area contributed by atoms with Gasteiger partial charge in [-0.25, -0.2) is 4.79 Å². The minimum atomic E-state index is -0.387. The molecule has 0 radical (unpaired) electrons. The molecule has 3 fully saturated rings. The van der Waals surface area contributed by atoms with Gasteiger partial charge in [0.25, 0.3) is 0 Å². The van der Waals surface area contributed by atoms with Crippen molar-refractivity contribution in [2.24, 2.45) is 0 Å².